The Morgan fingerprint density at radius 3 is 2.35 bits per heavy atom. The van der Waals surface area contributed by atoms with Crippen LogP contribution in [0.1, 0.15) is 5.56 Å². The van der Waals surface area contributed by atoms with E-state index in [2.05, 4.69) is 15.8 Å². The summed E-state index contributed by atoms with van der Waals surface area (Å²) in [5, 5.41) is 17.2. The van der Waals surface area contributed by atoms with Crippen LogP contribution in [0.5, 0.6) is 11.5 Å². The molecule has 3 aromatic rings. The van der Waals surface area contributed by atoms with Crippen molar-refractivity contribution in [1.29, 1.82) is 0 Å². The van der Waals surface area contributed by atoms with Gasteiger partial charge < -0.3 is 14.8 Å². The minimum absolute atomic E-state index is 0.00844. The Balaban J connectivity index is 1.41. The van der Waals surface area contributed by atoms with E-state index in [9.17, 15) is 14.9 Å². The first-order valence-electron chi connectivity index (χ1n) is 9.35. The normalized spacial score (nSPS) is 10.5. The highest BCUT2D eigenvalue weighted by molar-refractivity contribution is 5.90. The molecule has 0 radical (unpaired) electrons. The number of non-ortho nitro benzene ring substituents is 1. The maximum absolute atomic E-state index is 11.8. The van der Waals surface area contributed by atoms with Crippen LogP contribution in [-0.2, 0) is 0 Å². The van der Waals surface area contributed by atoms with Crippen LogP contribution in [0.15, 0.2) is 84.0 Å². The maximum Gasteiger partial charge on any atom is 0.339 e. The van der Waals surface area contributed by atoms with E-state index in [1.165, 1.54) is 30.5 Å². The molecule has 0 saturated heterocycles. The monoisotopic (exact) mass is 420 g/mol. The largest absolute Gasteiger partial charge is 0.490 e. The molecule has 0 aliphatic heterocycles. The molecule has 0 aliphatic rings. The van der Waals surface area contributed by atoms with Gasteiger partial charge >= 0.3 is 6.03 Å². The molecule has 0 heterocycles. The van der Waals surface area contributed by atoms with Crippen LogP contribution >= 0.6 is 0 Å². The third-order valence-electron chi connectivity index (χ3n) is 3.94. The van der Waals surface area contributed by atoms with Gasteiger partial charge in [0, 0.05) is 17.8 Å². The van der Waals surface area contributed by atoms with Gasteiger partial charge in [-0.3, -0.25) is 10.1 Å². The molecule has 0 atom stereocenters. The van der Waals surface area contributed by atoms with Gasteiger partial charge in [0.2, 0.25) is 0 Å². The number of carbonyl (C=O) groups is 1. The fourth-order valence-corrected chi connectivity index (χ4v) is 2.51. The zero-order valence-corrected chi connectivity index (χ0v) is 16.4. The number of nitro groups is 1. The first-order valence-corrected chi connectivity index (χ1v) is 9.35. The molecule has 2 amide bonds. The lowest BCUT2D eigenvalue weighted by atomic mass is 10.2. The molecule has 0 saturated carbocycles. The van der Waals surface area contributed by atoms with E-state index in [4.69, 9.17) is 9.47 Å². The van der Waals surface area contributed by atoms with Crippen molar-refractivity contribution in [3.8, 4) is 11.5 Å². The molecule has 9 heteroatoms. The summed E-state index contributed by atoms with van der Waals surface area (Å²) in [5.74, 6) is 1.14. The number of hydrazone groups is 1. The maximum atomic E-state index is 11.8. The predicted octanol–water partition coefficient (Wildman–Crippen LogP) is 4.21. The molecule has 0 spiro atoms. The van der Waals surface area contributed by atoms with E-state index < -0.39 is 11.0 Å². The highest BCUT2D eigenvalue weighted by atomic mass is 16.6. The van der Waals surface area contributed by atoms with Gasteiger partial charge in [0.05, 0.1) is 11.1 Å². The van der Waals surface area contributed by atoms with Gasteiger partial charge in [-0.2, -0.15) is 5.10 Å². The van der Waals surface area contributed by atoms with Gasteiger partial charge in [0.1, 0.15) is 24.7 Å². The molecular formula is C22H20N4O5. The summed E-state index contributed by atoms with van der Waals surface area (Å²) < 4.78 is 11.1. The summed E-state index contributed by atoms with van der Waals surface area (Å²) in [6, 6.07) is 21.6. The van der Waals surface area contributed by atoms with Crippen molar-refractivity contribution in [2.24, 2.45) is 5.10 Å². The topological polar surface area (TPSA) is 115 Å². The molecule has 2 N–H and O–H groups in total. The third-order valence-corrected chi connectivity index (χ3v) is 3.94. The zero-order valence-electron chi connectivity index (χ0n) is 16.4. The first kappa shape index (κ1) is 21.3. The van der Waals surface area contributed by atoms with Crippen LogP contribution in [-0.4, -0.2) is 30.4 Å². The lowest BCUT2D eigenvalue weighted by Crippen LogP contribution is -2.24. The number of hydrogen-bond donors (Lipinski definition) is 2. The Morgan fingerprint density at radius 1 is 0.935 bits per heavy atom. The van der Waals surface area contributed by atoms with E-state index in [0.29, 0.717) is 17.2 Å². The summed E-state index contributed by atoms with van der Waals surface area (Å²) in [4.78, 5) is 22.0. The summed E-state index contributed by atoms with van der Waals surface area (Å²) in [5.41, 5.74) is 3.82. The summed E-state index contributed by atoms with van der Waals surface area (Å²) in [6.45, 7) is 0.562. The Hall–Kier alpha value is -4.40. The molecule has 0 aromatic heterocycles. The number of amides is 2. The Morgan fingerprint density at radius 2 is 1.65 bits per heavy atom. The number of rotatable bonds is 9. The molecule has 9 nitrogen and oxygen atoms in total. The predicted molar refractivity (Wildman–Crippen MR) is 117 cm³/mol. The van der Waals surface area contributed by atoms with Crippen LogP contribution in [0.2, 0.25) is 0 Å². The van der Waals surface area contributed by atoms with Crippen LogP contribution < -0.4 is 20.2 Å². The van der Waals surface area contributed by atoms with Crippen LogP contribution in [0.4, 0.5) is 16.2 Å². The molecule has 3 aromatic carbocycles. The smallest absolute Gasteiger partial charge is 0.339 e. The molecule has 0 unspecified atom stereocenters. The number of ether oxygens (including phenoxy) is 2. The number of carbonyl (C=O) groups excluding carboxylic acids is 1. The number of urea groups is 1. The second kappa shape index (κ2) is 11.0. The number of para-hydroxylation sites is 1. The highest BCUT2D eigenvalue weighted by Gasteiger charge is 2.04. The number of benzene rings is 3. The molecule has 3 rings (SSSR count). The fourth-order valence-electron chi connectivity index (χ4n) is 2.51. The van der Waals surface area contributed by atoms with Crippen LogP contribution in [0.3, 0.4) is 0 Å². The van der Waals surface area contributed by atoms with E-state index in [1.807, 2.05) is 24.3 Å². The van der Waals surface area contributed by atoms with E-state index in [-0.39, 0.29) is 18.9 Å². The molecule has 0 bridgehead atoms. The van der Waals surface area contributed by atoms with Crippen molar-refractivity contribution in [3.63, 3.8) is 0 Å². The average Bonchev–Trinajstić information content (AvgIpc) is 2.78. The van der Waals surface area contributed by atoms with Crippen molar-refractivity contribution < 1.29 is 19.2 Å². The lowest BCUT2D eigenvalue weighted by molar-refractivity contribution is -0.384. The van der Waals surface area contributed by atoms with E-state index in [1.54, 1.807) is 30.3 Å². The SMILES string of the molecule is O=C(NN=Cc1cccc(OCCOc2ccc([N+](=O)[O-])cc2)c1)Nc1ccccc1. The molecule has 158 valence electrons. The van der Waals surface area contributed by atoms with Crippen LogP contribution in [0, 0.1) is 10.1 Å². The van der Waals surface area contributed by atoms with Gasteiger partial charge in [0.15, 0.2) is 0 Å². The van der Waals surface area contributed by atoms with E-state index >= 15 is 0 Å². The van der Waals surface area contributed by atoms with Crippen molar-refractivity contribution in [1.82, 2.24) is 5.43 Å². The number of nitrogens with one attached hydrogen (secondary N) is 2. The molecule has 31 heavy (non-hydrogen) atoms. The van der Waals surface area contributed by atoms with Gasteiger partial charge in [-0.05, 0) is 42.0 Å². The van der Waals surface area contributed by atoms with Gasteiger partial charge in [0.25, 0.3) is 5.69 Å². The number of anilines is 1. The Bertz CT molecular complexity index is 1040. The van der Waals surface area contributed by atoms with E-state index in [0.717, 1.165) is 5.56 Å². The number of nitro benzene ring substituents is 1. The van der Waals surface area contributed by atoms with Gasteiger partial charge in [-0.25, -0.2) is 10.2 Å². The first-order chi connectivity index (χ1) is 15.1. The summed E-state index contributed by atoms with van der Waals surface area (Å²) in [6.07, 6.45) is 1.50. The second-order valence-corrected chi connectivity index (χ2v) is 6.21. The van der Waals surface area contributed by atoms with Crippen molar-refractivity contribution >= 4 is 23.6 Å². The van der Waals surface area contributed by atoms with Crippen molar-refractivity contribution in [2.45, 2.75) is 0 Å². The summed E-state index contributed by atoms with van der Waals surface area (Å²) >= 11 is 0. The Kier molecular flexibility index (Phi) is 7.53. The van der Waals surface area contributed by atoms with Crippen molar-refractivity contribution in [2.75, 3.05) is 18.5 Å². The van der Waals surface area contributed by atoms with Crippen molar-refractivity contribution in [3.05, 3.63) is 94.5 Å². The fraction of sp³-hybridized carbons (Fsp3) is 0.0909. The van der Waals surface area contributed by atoms with Crippen LogP contribution in [0.25, 0.3) is 0 Å². The lowest BCUT2D eigenvalue weighted by Gasteiger charge is -2.08. The standard InChI is InChI=1S/C22H20N4O5/c27-22(24-18-6-2-1-3-7-18)25-23-16-17-5-4-8-21(15-17)31-14-13-30-20-11-9-19(10-12-20)26(28)29/h1-12,15-16H,13-14H2,(H2,24,25,27). The minimum Gasteiger partial charge on any atom is -0.490 e. The molecule has 0 aliphatic carbocycles. The third kappa shape index (κ3) is 7.17. The average molecular weight is 420 g/mol. The number of hydrogen-bond acceptors (Lipinski definition) is 6. The summed E-state index contributed by atoms with van der Waals surface area (Å²) in [7, 11) is 0. The second-order valence-electron chi connectivity index (χ2n) is 6.21. The minimum atomic E-state index is -0.464. The Labute approximate surface area is 178 Å². The zero-order chi connectivity index (χ0) is 21.9. The molecule has 0 fully saturated rings. The quantitative estimate of drug-likeness (QED) is 0.233. The van der Waals surface area contributed by atoms with Gasteiger partial charge in [-0.15, -0.1) is 0 Å². The van der Waals surface area contributed by atoms with Gasteiger partial charge in [-0.1, -0.05) is 30.3 Å². The molecular weight excluding hydrogens is 400 g/mol. The highest BCUT2D eigenvalue weighted by Crippen LogP contribution is 2.17. The number of nitrogens with zero attached hydrogens (tertiary/aromatic N) is 2.